The molecule has 0 amide bonds. The second-order valence-corrected chi connectivity index (χ2v) is 8.94. The first kappa shape index (κ1) is 17.2. The molecule has 1 saturated heterocycles. The molecule has 1 aliphatic heterocycles. The van der Waals surface area contributed by atoms with Gasteiger partial charge in [-0.2, -0.15) is 0 Å². The Morgan fingerprint density at radius 1 is 1.29 bits per heavy atom. The minimum atomic E-state index is -2.99. The van der Waals surface area contributed by atoms with Gasteiger partial charge in [-0.15, -0.1) is 0 Å². The fourth-order valence-electron chi connectivity index (χ4n) is 3.52. The minimum Gasteiger partial charge on any atom is -0.314 e. The largest absolute Gasteiger partial charge is 0.314 e. The maximum atomic E-state index is 11.6. The number of hydrogen-bond donors (Lipinski definition) is 1. The van der Waals surface area contributed by atoms with Gasteiger partial charge in [-0.25, -0.2) is 12.7 Å². The molecule has 21 heavy (non-hydrogen) atoms. The fraction of sp³-hybridized carbons (Fsp3) is 1.00. The van der Waals surface area contributed by atoms with E-state index in [2.05, 4.69) is 12.2 Å². The Kier molecular flexibility index (Phi) is 6.51. The molecule has 1 aliphatic carbocycles. The predicted octanol–water partition coefficient (Wildman–Crippen LogP) is 2.61. The Labute approximate surface area is 130 Å². The summed E-state index contributed by atoms with van der Waals surface area (Å²) in [5, 5.41) is 3.70. The summed E-state index contributed by atoms with van der Waals surface area (Å²) in [6.45, 7) is 4.82. The first-order chi connectivity index (χ1) is 10.0. The van der Waals surface area contributed by atoms with Crippen LogP contribution in [0.25, 0.3) is 0 Å². The van der Waals surface area contributed by atoms with Gasteiger partial charge in [-0.05, 0) is 63.3 Å². The van der Waals surface area contributed by atoms with Crippen LogP contribution in [0.2, 0.25) is 0 Å². The quantitative estimate of drug-likeness (QED) is 0.711. The van der Waals surface area contributed by atoms with Crippen LogP contribution in [0.15, 0.2) is 0 Å². The molecule has 124 valence electrons. The van der Waals surface area contributed by atoms with Crippen LogP contribution in [0.3, 0.4) is 0 Å². The van der Waals surface area contributed by atoms with E-state index in [-0.39, 0.29) is 0 Å². The van der Waals surface area contributed by atoms with Gasteiger partial charge >= 0.3 is 0 Å². The van der Waals surface area contributed by atoms with Crippen molar-refractivity contribution >= 4 is 10.0 Å². The lowest BCUT2D eigenvalue weighted by Gasteiger charge is -2.31. The highest BCUT2D eigenvalue weighted by molar-refractivity contribution is 7.88. The second-order valence-electron chi connectivity index (χ2n) is 6.96. The van der Waals surface area contributed by atoms with Crippen molar-refractivity contribution in [1.82, 2.24) is 9.62 Å². The van der Waals surface area contributed by atoms with Gasteiger partial charge in [0, 0.05) is 19.1 Å². The zero-order chi connectivity index (χ0) is 15.3. The Hall–Kier alpha value is -0.130. The summed E-state index contributed by atoms with van der Waals surface area (Å²) in [6.07, 6.45) is 11.2. The lowest BCUT2D eigenvalue weighted by molar-refractivity contribution is 0.249. The average Bonchev–Trinajstić information content (AvgIpc) is 3.26. The molecule has 1 saturated carbocycles. The molecule has 2 unspecified atom stereocenters. The molecule has 0 aromatic heterocycles. The van der Waals surface area contributed by atoms with Crippen LogP contribution in [0.5, 0.6) is 0 Å². The van der Waals surface area contributed by atoms with Crippen LogP contribution in [-0.4, -0.2) is 44.7 Å². The lowest BCUT2D eigenvalue weighted by Crippen LogP contribution is -2.39. The van der Waals surface area contributed by atoms with E-state index in [4.69, 9.17) is 0 Å². The summed E-state index contributed by atoms with van der Waals surface area (Å²) in [6, 6.07) is 0.708. The SMILES string of the molecule is CCCNC(CCCC1CCCN(S(C)(=O)=O)C1)C1CC1. The molecular formula is C16H32N2O2S. The number of rotatable bonds is 9. The van der Waals surface area contributed by atoms with Gasteiger partial charge in [0.2, 0.25) is 10.0 Å². The molecule has 0 spiro atoms. The molecule has 2 aliphatic rings. The number of nitrogens with one attached hydrogen (secondary N) is 1. The van der Waals surface area contributed by atoms with E-state index in [1.54, 1.807) is 4.31 Å². The van der Waals surface area contributed by atoms with Crippen molar-refractivity contribution in [3.05, 3.63) is 0 Å². The van der Waals surface area contributed by atoms with Crippen LogP contribution in [0, 0.1) is 11.8 Å². The van der Waals surface area contributed by atoms with E-state index in [1.807, 2.05) is 0 Å². The highest BCUT2D eigenvalue weighted by atomic mass is 32.2. The van der Waals surface area contributed by atoms with E-state index >= 15 is 0 Å². The van der Waals surface area contributed by atoms with Crippen LogP contribution in [-0.2, 0) is 10.0 Å². The zero-order valence-corrected chi connectivity index (χ0v) is 14.5. The van der Waals surface area contributed by atoms with Gasteiger partial charge in [-0.3, -0.25) is 0 Å². The van der Waals surface area contributed by atoms with E-state index in [0.717, 1.165) is 32.0 Å². The standard InChI is InChI=1S/C16H32N2O2S/c1-3-11-17-16(15-9-10-15)8-4-6-14-7-5-12-18(13-14)21(2,19)20/h14-17H,3-13H2,1-2H3. The minimum absolute atomic E-state index is 0.569. The maximum Gasteiger partial charge on any atom is 0.211 e. The van der Waals surface area contributed by atoms with Crippen LogP contribution < -0.4 is 5.32 Å². The zero-order valence-electron chi connectivity index (χ0n) is 13.7. The van der Waals surface area contributed by atoms with E-state index in [1.165, 1.54) is 51.2 Å². The lowest BCUT2D eigenvalue weighted by atomic mass is 9.92. The van der Waals surface area contributed by atoms with E-state index < -0.39 is 10.0 Å². The van der Waals surface area contributed by atoms with Gasteiger partial charge in [0.1, 0.15) is 0 Å². The second kappa shape index (κ2) is 7.93. The monoisotopic (exact) mass is 316 g/mol. The molecule has 4 nitrogen and oxygen atoms in total. The normalized spacial score (nSPS) is 25.9. The molecule has 1 N–H and O–H groups in total. The third-order valence-electron chi connectivity index (χ3n) is 4.93. The summed E-state index contributed by atoms with van der Waals surface area (Å²) in [5.74, 6) is 1.48. The molecular weight excluding hydrogens is 284 g/mol. The van der Waals surface area contributed by atoms with E-state index in [9.17, 15) is 8.42 Å². The van der Waals surface area contributed by atoms with Crippen molar-refractivity contribution in [2.75, 3.05) is 25.9 Å². The highest BCUT2D eigenvalue weighted by Gasteiger charge is 2.31. The third-order valence-corrected chi connectivity index (χ3v) is 6.20. The molecule has 2 fully saturated rings. The van der Waals surface area contributed by atoms with Crippen molar-refractivity contribution in [3.63, 3.8) is 0 Å². The summed E-state index contributed by atoms with van der Waals surface area (Å²) < 4.78 is 25.0. The highest BCUT2D eigenvalue weighted by Crippen LogP contribution is 2.35. The van der Waals surface area contributed by atoms with Crippen molar-refractivity contribution in [2.24, 2.45) is 11.8 Å². The van der Waals surface area contributed by atoms with Crippen molar-refractivity contribution in [3.8, 4) is 0 Å². The summed E-state index contributed by atoms with van der Waals surface area (Å²) in [5.41, 5.74) is 0. The third kappa shape index (κ3) is 5.87. The topological polar surface area (TPSA) is 49.4 Å². The van der Waals surface area contributed by atoms with Gasteiger partial charge in [0.05, 0.1) is 6.26 Å². The molecule has 0 radical (unpaired) electrons. The van der Waals surface area contributed by atoms with Crippen LogP contribution in [0.4, 0.5) is 0 Å². The number of sulfonamides is 1. The summed E-state index contributed by atoms with van der Waals surface area (Å²) in [7, 11) is -2.99. The smallest absolute Gasteiger partial charge is 0.211 e. The van der Waals surface area contributed by atoms with Crippen molar-refractivity contribution in [2.45, 2.75) is 64.3 Å². The van der Waals surface area contributed by atoms with Crippen molar-refractivity contribution in [1.29, 1.82) is 0 Å². The molecule has 0 aromatic carbocycles. The molecule has 0 aromatic rings. The molecule has 0 bridgehead atoms. The Morgan fingerprint density at radius 2 is 2.05 bits per heavy atom. The first-order valence-corrected chi connectivity index (χ1v) is 10.5. The maximum absolute atomic E-state index is 11.6. The average molecular weight is 317 g/mol. The molecule has 5 heteroatoms. The Bertz CT molecular complexity index is 407. The Balaban J connectivity index is 1.69. The van der Waals surface area contributed by atoms with Gasteiger partial charge in [-0.1, -0.05) is 13.3 Å². The molecule has 2 rings (SSSR count). The van der Waals surface area contributed by atoms with Crippen molar-refractivity contribution < 1.29 is 8.42 Å². The van der Waals surface area contributed by atoms with Crippen LogP contribution in [0.1, 0.15) is 58.3 Å². The first-order valence-electron chi connectivity index (χ1n) is 8.69. The molecule has 1 heterocycles. The van der Waals surface area contributed by atoms with E-state index in [0.29, 0.717) is 12.0 Å². The number of piperidine rings is 1. The van der Waals surface area contributed by atoms with Gasteiger partial charge < -0.3 is 5.32 Å². The number of hydrogen-bond acceptors (Lipinski definition) is 3. The summed E-state index contributed by atoms with van der Waals surface area (Å²) in [4.78, 5) is 0. The summed E-state index contributed by atoms with van der Waals surface area (Å²) >= 11 is 0. The number of nitrogens with zero attached hydrogens (tertiary/aromatic N) is 1. The Morgan fingerprint density at radius 3 is 2.67 bits per heavy atom. The molecule has 2 atom stereocenters. The van der Waals surface area contributed by atoms with Crippen LogP contribution >= 0.6 is 0 Å². The fourth-order valence-corrected chi connectivity index (χ4v) is 4.47. The van der Waals surface area contributed by atoms with Gasteiger partial charge in [0.15, 0.2) is 0 Å². The predicted molar refractivity (Wildman–Crippen MR) is 87.8 cm³/mol. The van der Waals surface area contributed by atoms with Gasteiger partial charge in [0.25, 0.3) is 0 Å².